The second-order valence-corrected chi connectivity index (χ2v) is 5.20. The van der Waals surface area contributed by atoms with Crippen LogP contribution in [0, 0.1) is 31.6 Å². The van der Waals surface area contributed by atoms with Crippen molar-refractivity contribution in [3.05, 3.63) is 23.4 Å². The molecule has 0 aliphatic heterocycles. The SMILES string of the molecule is Cc1[nH]nc(NC(=O)C2CC3C=CC2C3)c1C. The number of anilines is 1. The Kier molecular flexibility index (Phi) is 2.31. The number of allylic oxidation sites excluding steroid dienone is 2. The molecule has 1 fully saturated rings. The van der Waals surface area contributed by atoms with Crippen LogP contribution in [0.4, 0.5) is 5.82 Å². The second kappa shape index (κ2) is 3.72. The Labute approximate surface area is 100 Å². The largest absolute Gasteiger partial charge is 0.309 e. The van der Waals surface area contributed by atoms with Crippen molar-refractivity contribution in [3.8, 4) is 0 Å². The van der Waals surface area contributed by atoms with Gasteiger partial charge >= 0.3 is 0 Å². The predicted octanol–water partition coefficient (Wildman–Crippen LogP) is 2.18. The molecular weight excluding hydrogens is 214 g/mol. The van der Waals surface area contributed by atoms with Gasteiger partial charge in [0.15, 0.2) is 5.82 Å². The molecule has 2 aliphatic carbocycles. The Bertz CT molecular complexity index is 489. The third kappa shape index (κ3) is 1.68. The highest BCUT2D eigenvalue weighted by atomic mass is 16.2. The van der Waals surface area contributed by atoms with Crippen LogP contribution >= 0.6 is 0 Å². The van der Waals surface area contributed by atoms with Gasteiger partial charge < -0.3 is 5.32 Å². The Morgan fingerprint density at radius 1 is 1.41 bits per heavy atom. The molecule has 0 radical (unpaired) electrons. The lowest BCUT2D eigenvalue weighted by atomic mass is 9.93. The van der Waals surface area contributed by atoms with Gasteiger partial charge in [0, 0.05) is 17.2 Å². The Morgan fingerprint density at radius 2 is 2.24 bits per heavy atom. The van der Waals surface area contributed by atoms with E-state index in [9.17, 15) is 4.79 Å². The second-order valence-electron chi connectivity index (χ2n) is 5.20. The first-order chi connectivity index (χ1) is 8.15. The van der Waals surface area contributed by atoms with Gasteiger partial charge in [0.05, 0.1) is 0 Å². The fourth-order valence-corrected chi connectivity index (χ4v) is 2.90. The highest BCUT2D eigenvalue weighted by Gasteiger charge is 2.39. The van der Waals surface area contributed by atoms with Crippen molar-refractivity contribution in [1.29, 1.82) is 0 Å². The Hall–Kier alpha value is -1.58. The smallest absolute Gasteiger partial charge is 0.229 e. The molecule has 90 valence electrons. The third-order valence-corrected chi connectivity index (χ3v) is 4.11. The van der Waals surface area contributed by atoms with Gasteiger partial charge in [-0.15, -0.1) is 0 Å². The monoisotopic (exact) mass is 231 g/mol. The van der Waals surface area contributed by atoms with Crippen molar-refractivity contribution in [3.63, 3.8) is 0 Å². The molecule has 3 unspecified atom stereocenters. The molecule has 1 heterocycles. The van der Waals surface area contributed by atoms with Crippen LogP contribution in [-0.4, -0.2) is 16.1 Å². The minimum atomic E-state index is 0.122. The van der Waals surface area contributed by atoms with Crippen LogP contribution in [0.3, 0.4) is 0 Å². The quantitative estimate of drug-likeness (QED) is 0.766. The molecule has 2 bridgehead atoms. The molecule has 0 aromatic carbocycles. The molecule has 2 aliphatic rings. The lowest BCUT2D eigenvalue weighted by molar-refractivity contribution is -0.120. The van der Waals surface area contributed by atoms with Crippen LogP contribution < -0.4 is 5.32 Å². The van der Waals surface area contributed by atoms with Gasteiger partial charge in [-0.1, -0.05) is 12.2 Å². The van der Waals surface area contributed by atoms with Gasteiger partial charge in [-0.2, -0.15) is 5.10 Å². The topological polar surface area (TPSA) is 57.8 Å². The minimum Gasteiger partial charge on any atom is -0.309 e. The Morgan fingerprint density at radius 3 is 2.76 bits per heavy atom. The van der Waals surface area contributed by atoms with E-state index in [2.05, 4.69) is 27.7 Å². The highest BCUT2D eigenvalue weighted by Crippen LogP contribution is 2.43. The molecule has 1 amide bonds. The number of rotatable bonds is 2. The van der Waals surface area contributed by atoms with Crippen molar-refractivity contribution in [2.45, 2.75) is 26.7 Å². The van der Waals surface area contributed by atoms with Gasteiger partial charge in [0.1, 0.15) is 0 Å². The number of hydrogen-bond donors (Lipinski definition) is 2. The predicted molar refractivity (Wildman–Crippen MR) is 65.5 cm³/mol. The average molecular weight is 231 g/mol. The first-order valence-corrected chi connectivity index (χ1v) is 6.16. The zero-order chi connectivity index (χ0) is 12.0. The average Bonchev–Trinajstić information content (AvgIpc) is 3.00. The molecule has 1 saturated carbocycles. The summed E-state index contributed by atoms with van der Waals surface area (Å²) in [5, 5.41) is 9.94. The molecule has 0 saturated heterocycles. The highest BCUT2D eigenvalue weighted by molar-refractivity contribution is 5.93. The number of fused-ring (bicyclic) bond motifs is 2. The summed E-state index contributed by atoms with van der Waals surface area (Å²) in [4.78, 5) is 12.2. The molecule has 1 aromatic heterocycles. The Balaban J connectivity index is 1.72. The maximum atomic E-state index is 12.2. The summed E-state index contributed by atoms with van der Waals surface area (Å²) in [6.07, 6.45) is 6.59. The number of aromatic nitrogens is 2. The van der Waals surface area contributed by atoms with Crippen LogP contribution in [0.5, 0.6) is 0 Å². The first-order valence-electron chi connectivity index (χ1n) is 6.16. The molecule has 2 N–H and O–H groups in total. The lowest BCUT2D eigenvalue weighted by Gasteiger charge is -2.16. The van der Waals surface area contributed by atoms with Crippen LogP contribution in [0.25, 0.3) is 0 Å². The van der Waals surface area contributed by atoms with E-state index in [0.29, 0.717) is 17.7 Å². The minimum absolute atomic E-state index is 0.122. The standard InChI is InChI=1S/C13H17N3O/c1-7-8(2)15-16-12(7)14-13(17)11-6-9-3-4-10(11)5-9/h3-4,9-11H,5-6H2,1-2H3,(H2,14,15,16,17). The number of amides is 1. The summed E-state index contributed by atoms with van der Waals surface area (Å²) < 4.78 is 0. The first kappa shape index (κ1) is 10.6. The fraction of sp³-hybridized carbons (Fsp3) is 0.538. The van der Waals surface area contributed by atoms with Gasteiger partial charge in [-0.25, -0.2) is 0 Å². The molecule has 17 heavy (non-hydrogen) atoms. The van der Waals surface area contributed by atoms with E-state index in [4.69, 9.17) is 0 Å². The zero-order valence-corrected chi connectivity index (χ0v) is 10.2. The van der Waals surface area contributed by atoms with E-state index in [0.717, 1.165) is 24.1 Å². The third-order valence-electron chi connectivity index (χ3n) is 4.11. The van der Waals surface area contributed by atoms with Crippen LogP contribution in [-0.2, 0) is 4.79 Å². The number of H-pyrrole nitrogens is 1. The van der Waals surface area contributed by atoms with Crippen molar-refractivity contribution < 1.29 is 4.79 Å². The molecule has 0 spiro atoms. The van der Waals surface area contributed by atoms with Crippen molar-refractivity contribution >= 4 is 11.7 Å². The zero-order valence-electron chi connectivity index (χ0n) is 10.2. The molecule has 3 atom stereocenters. The van der Waals surface area contributed by atoms with Gasteiger partial charge in [-0.3, -0.25) is 9.89 Å². The number of nitrogens with zero attached hydrogens (tertiary/aromatic N) is 1. The van der Waals surface area contributed by atoms with Gasteiger partial charge in [0.2, 0.25) is 5.91 Å². The van der Waals surface area contributed by atoms with Crippen LogP contribution in [0.15, 0.2) is 12.2 Å². The summed E-state index contributed by atoms with van der Waals surface area (Å²) in [5.41, 5.74) is 2.03. The number of aryl methyl sites for hydroxylation is 1. The maximum absolute atomic E-state index is 12.2. The fourth-order valence-electron chi connectivity index (χ4n) is 2.90. The number of aromatic amines is 1. The summed E-state index contributed by atoms with van der Waals surface area (Å²) in [7, 11) is 0. The van der Waals surface area contributed by atoms with E-state index in [1.165, 1.54) is 0 Å². The summed E-state index contributed by atoms with van der Waals surface area (Å²) in [5.74, 6) is 2.01. The summed E-state index contributed by atoms with van der Waals surface area (Å²) in [6.45, 7) is 3.92. The molecule has 3 rings (SSSR count). The molecule has 4 nitrogen and oxygen atoms in total. The van der Waals surface area contributed by atoms with Gasteiger partial charge in [-0.05, 0) is 38.5 Å². The number of carbonyl (C=O) groups is 1. The lowest BCUT2D eigenvalue weighted by Crippen LogP contribution is -2.26. The van der Waals surface area contributed by atoms with Crippen LogP contribution in [0.2, 0.25) is 0 Å². The van der Waals surface area contributed by atoms with Gasteiger partial charge in [0.25, 0.3) is 0 Å². The summed E-state index contributed by atoms with van der Waals surface area (Å²) in [6, 6.07) is 0. The molecule has 4 heteroatoms. The van der Waals surface area contributed by atoms with Crippen molar-refractivity contribution in [2.24, 2.45) is 17.8 Å². The van der Waals surface area contributed by atoms with E-state index in [-0.39, 0.29) is 11.8 Å². The van der Waals surface area contributed by atoms with E-state index < -0.39 is 0 Å². The van der Waals surface area contributed by atoms with E-state index in [1.54, 1.807) is 0 Å². The molecule has 1 aromatic rings. The number of carbonyl (C=O) groups excluding carboxylic acids is 1. The normalized spacial score (nSPS) is 29.9. The van der Waals surface area contributed by atoms with E-state index in [1.807, 2.05) is 13.8 Å². The van der Waals surface area contributed by atoms with E-state index >= 15 is 0 Å². The number of nitrogens with one attached hydrogen (secondary N) is 2. The summed E-state index contributed by atoms with van der Waals surface area (Å²) >= 11 is 0. The van der Waals surface area contributed by atoms with Crippen LogP contribution in [0.1, 0.15) is 24.1 Å². The molecular formula is C13H17N3O. The maximum Gasteiger partial charge on any atom is 0.229 e. The number of hydrogen-bond acceptors (Lipinski definition) is 2. The van der Waals surface area contributed by atoms with Crippen molar-refractivity contribution in [1.82, 2.24) is 10.2 Å². The van der Waals surface area contributed by atoms with Crippen molar-refractivity contribution in [2.75, 3.05) is 5.32 Å².